The number of hydrogen-bond donors (Lipinski definition) is 1. The molecule has 0 amide bonds. The fourth-order valence-corrected chi connectivity index (χ4v) is 5.56. The third kappa shape index (κ3) is 3.25. The zero-order chi connectivity index (χ0) is 17.4. The van der Waals surface area contributed by atoms with Crippen molar-refractivity contribution in [3.63, 3.8) is 0 Å². The third-order valence-corrected chi connectivity index (χ3v) is 7.30. The number of rotatable bonds is 4. The second-order valence-electron chi connectivity index (χ2n) is 5.66. The molecule has 0 atom stereocenters. The lowest BCUT2D eigenvalue weighted by molar-refractivity contribution is 0.598. The lowest BCUT2D eigenvalue weighted by atomic mass is 10.2. The van der Waals surface area contributed by atoms with E-state index in [4.69, 9.17) is 0 Å². The van der Waals surface area contributed by atoms with Gasteiger partial charge in [0.2, 0.25) is 10.0 Å². The molecule has 1 aliphatic rings. The maximum Gasteiger partial charge on any atom is 0.262 e. The van der Waals surface area contributed by atoms with Crippen molar-refractivity contribution in [2.24, 2.45) is 0 Å². The van der Waals surface area contributed by atoms with Crippen LogP contribution in [0.3, 0.4) is 0 Å². The highest BCUT2D eigenvalue weighted by Crippen LogP contribution is 2.26. The Morgan fingerprint density at radius 3 is 2.29 bits per heavy atom. The molecule has 2 aromatic rings. The second kappa shape index (κ2) is 6.10. The van der Waals surface area contributed by atoms with Gasteiger partial charge in [-0.3, -0.25) is 9.03 Å². The summed E-state index contributed by atoms with van der Waals surface area (Å²) in [6.07, 6.45) is 0.601. The van der Waals surface area contributed by atoms with Gasteiger partial charge in [0.25, 0.3) is 10.0 Å². The molecule has 1 N–H and O–H groups in total. The van der Waals surface area contributed by atoms with Gasteiger partial charge in [-0.1, -0.05) is 18.2 Å². The largest absolute Gasteiger partial charge is 0.280 e. The van der Waals surface area contributed by atoms with Crippen molar-refractivity contribution < 1.29 is 16.8 Å². The molecule has 0 spiro atoms. The zero-order valence-electron chi connectivity index (χ0n) is 13.1. The molecule has 0 aliphatic carbocycles. The standard InChI is InChI=1S/C16H18N2O4S2/c1-13-5-2-3-6-16(13)24(21,22)17-14-7-9-15(10-8-14)18-11-4-12-23(18,19)20/h2-3,5-10,17H,4,11-12H2,1H3. The maximum absolute atomic E-state index is 12.4. The quantitative estimate of drug-likeness (QED) is 0.900. The third-order valence-electron chi connectivity index (χ3n) is 3.89. The molecule has 8 heteroatoms. The van der Waals surface area contributed by atoms with Crippen LogP contribution in [0.25, 0.3) is 0 Å². The summed E-state index contributed by atoms with van der Waals surface area (Å²) in [7, 11) is -6.92. The molecular formula is C16H18N2O4S2. The summed E-state index contributed by atoms with van der Waals surface area (Å²) < 4.78 is 52.6. The number of nitrogens with one attached hydrogen (secondary N) is 1. The smallest absolute Gasteiger partial charge is 0.262 e. The van der Waals surface area contributed by atoms with E-state index < -0.39 is 20.0 Å². The van der Waals surface area contributed by atoms with Crippen LogP contribution < -0.4 is 9.03 Å². The minimum Gasteiger partial charge on any atom is -0.280 e. The zero-order valence-corrected chi connectivity index (χ0v) is 14.8. The molecule has 0 saturated carbocycles. The normalized spacial score (nSPS) is 17.0. The molecule has 2 aromatic carbocycles. The fraction of sp³-hybridized carbons (Fsp3) is 0.250. The van der Waals surface area contributed by atoms with Crippen molar-refractivity contribution in [3.8, 4) is 0 Å². The van der Waals surface area contributed by atoms with Gasteiger partial charge < -0.3 is 0 Å². The van der Waals surface area contributed by atoms with Crippen molar-refractivity contribution in [1.82, 2.24) is 0 Å². The van der Waals surface area contributed by atoms with Crippen LogP contribution in [-0.2, 0) is 20.0 Å². The first-order valence-corrected chi connectivity index (χ1v) is 10.6. The Bertz CT molecular complexity index is 952. The Morgan fingerprint density at radius 1 is 1.04 bits per heavy atom. The first kappa shape index (κ1) is 16.8. The summed E-state index contributed by atoms with van der Waals surface area (Å²) in [5, 5.41) is 0. The van der Waals surface area contributed by atoms with Gasteiger partial charge in [0.05, 0.1) is 16.3 Å². The lowest BCUT2D eigenvalue weighted by Crippen LogP contribution is -2.25. The monoisotopic (exact) mass is 366 g/mol. The van der Waals surface area contributed by atoms with Crippen LogP contribution in [0.2, 0.25) is 0 Å². The minimum atomic E-state index is -3.68. The molecule has 0 bridgehead atoms. The molecule has 6 nitrogen and oxygen atoms in total. The van der Waals surface area contributed by atoms with Crippen LogP contribution in [0, 0.1) is 6.92 Å². The molecule has 0 unspecified atom stereocenters. The van der Waals surface area contributed by atoms with Gasteiger partial charge in [0.15, 0.2) is 0 Å². The van der Waals surface area contributed by atoms with E-state index in [-0.39, 0.29) is 10.6 Å². The summed E-state index contributed by atoms with van der Waals surface area (Å²) in [4.78, 5) is 0.219. The molecular weight excluding hydrogens is 348 g/mol. The summed E-state index contributed by atoms with van der Waals surface area (Å²) in [5.41, 5.74) is 1.59. The van der Waals surface area contributed by atoms with Crippen LogP contribution in [0.5, 0.6) is 0 Å². The summed E-state index contributed by atoms with van der Waals surface area (Å²) in [6.45, 7) is 2.19. The van der Waals surface area contributed by atoms with E-state index in [0.717, 1.165) is 0 Å². The maximum atomic E-state index is 12.4. The Kier molecular flexibility index (Phi) is 4.27. The molecule has 24 heavy (non-hydrogen) atoms. The van der Waals surface area contributed by atoms with Crippen LogP contribution in [0.4, 0.5) is 11.4 Å². The van der Waals surface area contributed by atoms with E-state index in [1.54, 1.807) is 55.5 Å². The van der Waals surface area contributed by atoms with Crippen molar-refractivity contribution in [1.29, 1.82) is 0 Å². The molecule has 0 radical (unpaired) electrons. The number of benzene rings is 2. The van der Waals surface area contributed by atoms with Gasteiger partial charge in [-0.25, -0.2) is 16.8 Å². The van der Waals surface area contributed by atoms with E-state index in [9.17, 15) is 16.8 Å². The van der Waals surface area contributed by atoms with Crippen LogP contribution in [0.15, 0.2) is 53.4 Å². The SMILES string of the molecule is Cc1ccccc1S(=O)(=O)Nc1ccc(N2CCCS2(=O)=O)cc1. The number of sulfonamides is 2. The highest BCUT2D eigenvalue weighted by Gasteiger charge is 2.28. The number of anilines is 2. The van der Waals surface area contributed by atoms with Gasteiger partial charge >= 0.3 is 0 Å². The predicted octanol–water partition coefficient (Wildman–Crippen LogP) is 2.34. The number of hydrogen-bond acceptors (Lipinski definition) is 4. The van der Waals surface area contributed by atoms with Gasteiger partial charge in [-0.15, -0.1) is 0 Å². The molecule has 1 aliphatic heterocycles. The Labute approximate surface area is 142 Å². The highest BCUT2D eigenvalue weighted by molar-refractivity contribution is 7.93. The van der Waals surface area contributed by atoms with Gasteiger partial charge in [-0.05, 0) is 49.2 Å². The molecule has 1 heterocycles. The van der Waals surface area contributed by atoms with E-state index in [2.05, 4.69) is 4.72 Å². The van der Waals surface area contributed by atoms with E-state index in [0.29, 0.717) is 29.9 Å². The molecule has 128 valence electrons. The number of nitrogens with zero attached hydrogens (tertiary/aromatic N) is 1. The van der Waals surface area contributed by atoms with Crippen LogP contribution in [0.1, 0.15) is 12.0 Å². The molecule has 1 saturated heterocycles. The van der Waals surface area contributed by atoms with E-state index >= 15 is 0 Å². The predicted molar refractivity (Wildman–Crippen MR) is 94.2 cm³/mol. The number of aryl methyl sites for hydroxylation is 1. The van der Waals surface area contributed by atoms with Gasteiger partial charge in [0.1, 0.15) is 0 Å². The van der Waals surface area contributed by atoms with Gasteiger partial charge in [0, 0.05) is 12.2 Å². The fourth-order valence-electron chi connectivity index (χ4n) is 2.69. The molecule has 1 fully saturated rings. The molecule has 0 aromatic heterocycles. The average molecular weight is 366 g/mol. The summed E-state index contributed by atoms with van der Waals surface area (Å²) >= 11 is 0. The van der Waals surface area contributed by atoms with Gasteiger partial charge in [-0.2, -0.15) is 0 Å². The van der Waals surface area contributed by atoms with Crippen LogP contribution >= 0.6 is 0 Å². The van der Waals surface area contributed by atoms with Crippen LogP contribution in [-0.4, -0.2) is 29.1 Å². The lowest BCUT2D eigenvalue weighted by Gasteiger charge is -2.17. The van der Waals surface area contributed by atoms with E-state index in [1.807, 2.05) is 0 Å². The topological polar surface area (TPSA) is 83.6 Å². The van der Waals surface area contributed by atoms with Crippen molar-refractivity contribution in [3.05, 3.63) is 54.1 Å². The first-order chi connectivity index (χ1) is 11.3. The van der Waals surface area contributed by atoms with Crippen molar-refractivity contribution in [2.75, 3.05) is 21.3 Å². The average Bonchev–Trinajstić information content (AvgIpc) is 2.87. The minimum absolute atomic E-state index is 0.147. The highest BCUT2D eigenvalue weighted by atomic mass is 32.2. The Balaban J connectivity index is 1.83. The van der Waals surface area contributed by atoms with Crippen molar-refractivity contribution >= 4 is 31.4 Å². The van der Waals surface area contributed by atoms with E-state index in [1.165, 1.54) is 4.31 Å². The first-order valence-electron chi connectivity index (χ1n) is 7.48. The van der Waals surface area contributed by atoms with Crippen molar-refractivity contribution in [2.45, 2.75) is 18.2 Å². The summed E-state index contributed by atoms with van der Waals surface area (Å²) in [5.74, 6) is 0.147. The second-order valence-corrected chi connectivity index (χ2v) is 9.32. The summed E-state index contributed by atoms with van der Waals surface area (Å²) in [6, 6.07) is 13.1. The Hall–Kier alpha value is -2.06. The Morgan fingerprint density at radius 2 is 1.71 bits per heavy atom. The molecule has 3 rings (SSSR count).